The third-order valence-electron chi connectivity index (χ3n) is 4.09. The molecule has 0 aliphatic heterocycles. The van der Waals surface area contributed by atoms with Gasteiger partial charge in [0.25, 0.3) is 0 Å². The second kappa shape index (κ2) is 6.51. The van der Waals surface area contributed by atoms with E-state index in [1.54, 1.807) is 4.68 Å². The van der Waals surface area contributed by atoms with Crippen LogP contribution in [-0.4, -0.2) is 40.1 Å². The maximum atomic E-state index is 4.45. The average Bonchev–Trinajstić information content (AvgIpc) is 3.26. The molecule has 132 valence electrons. The predicted octanol–water partition coefficient (Wildman–Crippen LogP) is 2.45. The molecule has 4 rings (SSSR count). The standard InChI is InChI=1S/C17H19N9/c1-10(2)13(16-20-11(3)22-24-16)21-15-14-17(19-9-18-15)26(25-23-14)12-7-5-4-6-8-12/h4-10,13H,1-3H3,(H,18,19,21)(H,20,22,24). The van der Waals surface area contributed by atoms with Crippen LogP contribution in [0.25, 0.3) is 16.9 Å². The molecule has 9 nitrogen and oxygen atoms in total. The normalized spacial score (nSPS) is 12.6. The number of aromatic amines is 1. The maximum Gasteiger partial charge on any atom is 0.188 e. The maximum absolute atomic E-state index is 4.45. The summed E-state index contributed by atoms with van der Waals surface area (Å²) in [7, 11) is 0. The van der Waals surface area contributed by atoms with Gasteiger partial charge in [-0.1, -0.05) is 37.3 Å². The molecule has 9 heteroatoms. The monoisotopic (exact) mass is 349 g/mol. The molecule has 0 amide bonds. The van der Waals surface area contributed by atoms with Gasteiger partial charge in [0.2, 0.25) is 0 Å². The number of nitrogens with zero attached hydrogens (tertiary/aromatic N) is 7. The Morgan fingerprint density at radius 1 is 1.12 bits per heavy atom. The number of nitrogens with one attached hydrogen (secondary N) is 2. The molecule has 0 spiro atoms. The molecule has 26 heavy (non-hydrogen) atoms. The van der Waals surface area contributed by atoms with Crippen molar-refractivity contribution in [1.82, 2.24) is 40.1 Å². The Morgan fingerprint density at radius 2 is 1.92 bits per heavy atom. The molecule has 0 saturated heterocycles. The molecule has 3 aromatic heterocycles. The molecule has 4 aromatic rings. The Balaban J connectivity index is 1.74. The van der Waals surface area contributed by atoms with Crippen LogP contribution in [0.3, 0.4) is 0 Å². The highest BCUT2D eigenvalue weighted by Gasteiger charge is 2.23. The summed E-state index contributed by atoms with van der Waals surface area (Å²) in [5, 5.41) is 19.1. The van der Waals surface area contributed by atoms with Crippen LogP contribution in [0, 0.1) is 12.8 Å². The number of anilines is 1. The number of H-pyrrole nitrogens is 1. The van der Waals surface area contributed by atoms with Gasteiger partial charge in [0.1, 0.15) is 12.2 Å². The number of aromatic nitrogens is 8. The summed E-state index contributed by atoms with van der Waals surface area (Å²) in [6.07, 6.45) is 1.51. The molecule has 0 bridgehead atoms. The lowest BCUT2D eigenvalue weighted by molar-refractivity contribution is 0.522. The van der Waals surface area contributed by atoms with Crippen molar-refractivity contribution in [2.75, 3.05) is 5.32 Å². The summed E-state index contributed by atoms with van der Waals surface area (Å²) in [6, 6.07) is 9.65. The molecular formula is C17H19N9. The van der Waals surface area contributed by atoms with Gasteiger partial charge in [-0.25, -0.2) is 15.0 Å². The first kappa shape index (κ1) is 16.1. The minimum absolute atomic E-state index is 0.111. The fourth-order valence-electron chi connectivity index (χ4n) is 2.77. The highest BCUT2D eigenvalue weighted by molar-refractivity contribution is 5.83. The minimum Gasteiger partial charge on any atom is -0.358 e. The van der Waals surface area contributed by atoms with Crippen LogP contribution >= 0.6 is 0 Å². The number of hydrogen-bond acceptors (Lipinski definition) is 7. The molecule has 0 radical (unpaired) electrons. The Kier molecular flexibility index (Phi) is 4.04. The first-order chi connectivity index (χ1) is 12.6. The van der Waals surface area contributed by atoms with Crippen molar-refractivity contribution in [1.29, 1.82) is 0 Å². The smallest absolute Gasteiger partial charge is 0.188 e. The average molecular weight is 349 g/mol. The van der Waals surface area contributed by atoms with E-state index in [9.17, 15) is 0 Å². The Labute approximate surface area is 149 Å². The SMILES string of the molecule is Cc1nc(C(Nc2ncnc3c2nnn3-c2ccccc2)C(C)C)n[nH]1. The first-order valence-corrected chi connectivity index (χ1v) is 8.40. The lowest BCUT2D eigenvalue weighted by Crippen LogP contribution is -2.19. The fourth-order valence-corrected chi connectivity index (χ4v) is 2.77. The zero-order chi connectivity index (χ0) is 18.1. The van der Waals surface area contributed by atoms with Gasteiger partial charge in [0.05, 0.1) is 11.7 Å². The number of rotatable bonds is 5. The summed E-state index contributed by atoms with van der Waals surface area (Å²) >= 11 is 0. The lowest BCUT2D eigenvalue weighted by atomic mass is 10.0. The summed E-state index contributed by atoms with van der Waals surface area (Å²) < 4.78 is 1.70. The van der Waals surface area contributed by atoms with Gasteiger partial charge in [0, 0.05) is 0 Å². The first-order valence-electron chi connectivity index (χ1n) is 8.40. The predicted molar refractivity (Wildman–Crippen MR) is 96.8 cm³/mol. The van der Waals surface area contributed by atoms with Gasteiger partial charge in [-0.15, -0.1) is 5.10 Å². The van der Waals surface area contributed by atoms with E-state index in [0.29, 0.717) is 22.8 Å². The Bertz CT molecular complexity index is 1020. The molecule has 0 saturated carbocycles. The number of aryl methyl sites for hydroxylation is 1. The molecular weight excluding hydrogens is 330 g/mol. The van der Waals surface area contributed by atoms with Crippen molar-refractivity contribution < 1.29 is 0 Å². The zero-order valence-corrected chi connectivity index (χ0v) is 14.7. The van der Waals surface area contributed by atoms with Crippen LogP contribution in [0.2, 0.25) is 0 Å². The van der Waals surface area contributed by atoms with Gasteiger partial charge in [-0.3, -0.25) is 5.10 Å². The molecule has 0 aliphatic rings. The molecule has 0 aliphatic carbocycles. The van der Waals surface area contributed by atoms with E-state index in [1.807, 2.05) is 37.3 Å². The molecule has 2 N–H and O–H groups in total. The van der Waals surface area contributed by atoms with Crippen molar-refractivity contribution in [2.24, 2.45) is 5.92 Å². The van der Waals surface area contributed by atoms with Crippen molar-refractivity contribution in [3.05, 3.63) is 48.3 Å². The van der Waals surface area contributed by atoms with E-state index < -0.39 is 0 Å². The molecule has 1 aromatic carbocycles. The van der Waals surface area contributed by atoms with Gasteiger partial charge >= 0.3 is 0 Å². The topological polar surface area (TPSA) is 110 Å². The second-order valence-corrected chi connectivity index (χ2v) is 6.38. The number of hydrogen-bond donors (Lipinski definition) is 2. The molecule has 1 unspecified atom stereocenters. The zero-order valence-electron chi connectivity index (χ0n) is 14.7. The highest BCUT2D eigenvalue weighted by Crippen LogP contribution is 2.26. The van der Waals surface area contributed by atoms with Gasteiger partial charge in [0.15, 0.2) is 22.8 Å². The number of fused-ring (bicyclic) bond motifs is 1. The van der Waals surface area contributed by atoms with E-state index in [2.05, 4.69) is 54.6 Å². The van der Waals surface area contributed by atoms with Crippen molar-refractivity contribution >= 4 is 17.0 Å². The minimum atomic E-state index is -0.111. The van der Waals surface area contributed by atoms with E-state index in [1.165, 1.54) is 6.33 Å². The van der Waals surface area contributed by atoms with E-state index in [4.69, 9.17) is 0 Å². The molecule has 1 atom stereocenters. The Hall–Kier alpha value is -3.36. The van der Waals surface area contributed by atoms with Crippen LogP contribution in [0.15, 0.2) is 36.7 Å². The van der Waals surface area contributed by atoms with E-state index >= 15 is 0 Å². The van der Waals surface area contributed by atoms with Crippen LogP contribution in [0.1, 0.15) is 31.5 Å². The van der Waals surface area contributed by atoms with Crippen molar-refractivity contribution in [3.63, 3.8) is 0 Å². The van der Waals surface area contributed by atoms with Crippen molar-refractivity contribution in [2.45, 2.75) is 26.8 Å². The van der Waals surface area contributed by atoms with Crippen molar-refractivity contribution in [3.8, 4) is 5.69 Å². The third kappa shape index (κ3) is 2.87. The largest absolute Gasteiger partial charge is 0.358 e. The van der Waals surface area contributed by atoms with Crippen LogP contribution in [0.5, 0.6) is 0 Å². The van der Waals surface area contributed by atoms with E-state index in [-0.39, 0.29) is 12.0 Å². The fraction of sp³-hybridized carbons (Fsp3) is 0.294. The molecule has 0 fully saturated rings. The summed E-state index contributed by atoms with van der Waals surface area (Å²) in [4.78, 5) is 13.2. The lowest BCUT2D eigenvalue weighted by Gasteiger charge is -2.19. The van der Waals surface area contributed by atoms with Gasteiger partial charge in [-0.2, -0.15) is 9.78 Å². The van der Waals surface area contributed by atoms with Crippen LogP contribution < -0.4 is 5.32 Å². The van der Waals surface area contributed by atoms with Crippen LogP contribution in [-0.2, 0) is 0 Å². The number of para-hydroxylation sites is 1. The summed E-state index contributed by atoms with van der Waals surface area (Å²) in [6.45, 7) is 6.08. The van der Waals surface area contributed by atoms with E-state index in [0.717, 1.165) is 11.5 Å². The quantitative estimate of drug-likeness (QED) is 0.569. The van der Waals surface area contributed by atoms with Gasteiger partial charge < -0.3 is 5.32 Å². The molecule has 3 heterocycles. The Morgan fingerprint density at radius 3 is 2.62 bits per heavy atom. The third-order valence-corrected chi connectivity index (χ3v) is 4.09. The number of benzene rings is 1. The van der Waals surface area contributed by atoms with Crippen LogP contribution in [0.4, 0.5) is 5.82 Å². The summed E-state index contributed by atoms with van der Waals surface area (Å²) in [5.41, 5.74) is 2.14. The second-order valence-electron chi connectivity index (χ2n) is 6.38. The highest BCUT2D eigenvalue weighted by atomic mass is 15.4. The summed E-state index contributed by atoms with van der Waals surface area (Å²) in [5.74, 6) is 2.33. The van der Waals surface area contributed by atoms with Gasteiger partial charge in [-0.05, 0) is 25.0 Å².